The highest BCUT2D eigenvalue weighted by Crippen LogP contribution is 1.94. The van der Waals surface area contributed by atoms with E-state index < -0.39 is 16.0 Å². The van der Waals surface area contributed by atoms with Crippen molar-refractivity contribution >= 4 is 16.0 Å². The molecule has 2 N–H and O–H groups in total. The molecule has 0 unspecified atom stereocenters. The summed E-state index contributed by atoms with van der Waals surface area (Å²) in [7, 11) is -3.32. The highest BCUT2D eigenvalue weighted by Gasteiger charge is 2.09. The van der Waals surface area contributed by atoms with Gasteiger partial charge in [0.1, 0.15) is 0 Å². The third-order valence-electron chi connectivity index (χ3n) is 1.25. The number of aliphatic carboxylic acids is 1. The lowest BCUT2D eigenvalue weighted by Gasteiger charge is -2.02. The van der Waals surface area contributed by atoms with E-state index in [4.69, 9.17) is 5.11 Å². The summed E-state index contributed by atoms with van der Waals surface area (Å²) in [5.41, 5.74) is 0. The molecule has 13 heavy (non-hydrogen) atoms. The number of rotatable bonds is 7. The van der Waals surface area contributed by atoms with Gasteiger partial charge in [0.15, 0.2) is 0 Å². The van der Waals surface area contributed by atoms with Gasteiger partial charge in [-0.3, -0.25) is 4.79 Å². The zero-order valence-electron chi connectivity index (χ0n) is 7.19. The molecule has 76 valence electrons. The van der Waals surface area contributed by atoms with E-state index >= 15 is 0 Å². The Hall–Kier alpha value is -0.880. The molecule has 0 fully saturated rings. The summed E-state index contributed by atoms with van der Waals surface area (Å²) >= 11 is 0. The van der Waals surface area contributed by atoms with Gasteiger partial charge in [-0.15, -0.1) is 6.58 Å². The molecular formula is C7H13NO4S. The smallest absolute Gasteiger partial charge is 0.303 e. The second-order valence-corrected chi connectivity index (χ2v) is 4.38. The lowest BCUT2D eigenvalue weighted by Crippen LogP contribution is -2.26. The van der Waals surface area contributed by atoms with Gasteiger partial charge in [0.25, 0.3) is 0 Å². The van der Waals surface area contributed by atoms with E-state index in [1.165, 1.54) is 6.08 Å². The van der Waals surface area contributed by atoms with Crippen LogP contribution in [0.25, 0.3) is 0 Å². The van der Waals surface area contributed by atoms with E-state index in [0.29, 0.717) is 0 Å². The van der Waals surface area contributed by atoms with E-state index in [1.54, 1.807) is 0 Å². The maximum Gasteiger partial charge on any atom is 0.303 e. The summed E-state index contributed by atoms with van der Waals surface area (Å²) in [6, 6.07) is 0. The molecule has 0 saturated heterocycles. The Morgan fingerprint density at radius 2 is 2.15 bits per heavy atom. The number of nitrogens with one attached hydrogen (secondary N) is 1. The molecule has 0 aliphatic carbocycles. The van der Waals surface area contributed by atoms with Gasteiger partial charge in [0.05, 0.1) is 5.75 Å². The van der Waals surface area contributed by atoms with Crippen LogP contribution in [0.2, 0.25) is 0 Å². The summed E-state index contributed by atoms with van der Waals surface area (Å²) in [4.78, 5) is 10.1. The minimum atomic E-state index is -3.32. The Morgan fingerprint density at radius 3 is 2.62 bits per heavy atom. The van der Waals surface area contributed by atoms with E-state index in [9.17, 15) is 13.2 Å². The molecule has 5 nitrogen and oxygen atoms in total. The Morgan fingerprint density at radius 1 is 1.54 bits per heavy atom. The third kappa shape index (κ3) is 7.48. The van der Waals surface area contributed by atoms with Crippen molar-refractivity contribution < 1.29 is 18.3 Å². The Balaban J connectivity index is 3.76. The molecule has 0 spiro atoms. The van der Waals surface area contributed by atoms with Crippen LogP contribution in [0.15, 0.2) is 12.7 Å². The highest BCUT2D eigenvalue weighted by molar-refractivity contribution is 7.89. The summed E-state index contributed by atoms with van der Waals surface area (Å²) in [6.45, 7) is 3.53. The fraction of sp³-hybridized carbons (Fsp3) is 0.571. The first-order valence-corrected chi connectivity index (χ1v) is 5.43. The first-order chi connectivity index (χ1) is 5.98. The van der Waals surface area contributed by atoms with Crippen molar-refractivity contribution in [2.45, 2.75) is 12.8 Å². The number of carboxylic acids is 1. The molecule has 0 atom stereocenters. The zero-order chi connectivity index (χ0) is 10.3. The van der Waals surface area contributed by atoms with Crippen LogP contribution in [0.1, 0.15) is 12.8 Å². The molecule has 0 amide bonds. The van der Waals surface area contributed by atoms with Crippen LogP contribution in [0.4, 0.5) is 0 Å². The van der Waals surface area contributed by atoms with Crippen LogP contribution in [0.3, 0.4) is 0 Å². The Bertz CT molecular complexity index is 270. The van der Waals surface area contributed by atoms with Gasteiger partial charge in [-0.25, -0.2) is 13.1 Å². The fourth-order valence-electron chi connectivity index (χ4n) is 0.671. The normalized spacial score (nSPS) is 11.1. The van der Waals surface area contributed by atoms with Crippen LogP contribution in [0.5, 0.6) is 0 Å². The second kappa shape index (κ2) is 5.71. The molecule has 0 aliphatic heterocycles. The van der Waals surface area contributed by atoms with Crippen molar-refractivity contribution in [3.8, 4) is 0 Å². The Kier molecular flexibility index (Phi) is 5.33. The predicted octanol–water partition coefficient (Wildman–Crippen LogP) is -0.0434. The number of hydrogen-bond acceptors (Lipinski definition) is 3. The summed E-state index contributed by atoms with van der Waals surface area (Å²) < 4.78 is 24.3. The van der Waals surface area contributed by atoms with Crippen molar-refractivity contribution in [2.75, 3.05) is 12.3 Å². The largest absolute Gasteiger partial charge is 0.481 e. The number of sulfonamides is 1. The van der Waals surface area contributed by atoms with Gasteiger partial charge >= 0.3 is 5.97 Å². The molecule has 0 rings (SSSR count). The maximum atomic E-state index is 11.0. The average molecular weight is 207 g/mol. The maximum absolute atomic E-state index is 11.0. The number of hydrogen-bond donors (Lipinski definition) is 2. The van der Waals surface area contributed by atoms with E-state index in [-0.39, 0.29) is 25.1 Å². The van der Waals surface area contributed by atoms with Gasteiger partial charge in [-0.2, -0.15) is 0 Å². The molecule has 0 saturated carbocycles. The lowest BCUT2D eigenvalue weighted by atomic mass is 10.3. The number of carboxylic acid groups (broad SMARTS) is 1. The second-order valence-electron chi connectivity index (χ2n) is 2.45. The van der Waals surface area contributed by atoms with E-state index in [1.807, 2.05) is 0 Å². The van der Waals surface area contributed by atoms with Gasteiger partial charge in [0, 0.05) is 13.0 Å². The van der Waals surface area contributed by atoms with Crippen molar-refractivity contribution in [2.24, 2.45) is 0 Å². The average Bonchev–Trinajstić information content (AvgIpc) is 2.00. The quantitative estimate of drug-likeness (QED) is 0.574. The zero-order valence-corrected chi connectivity index (χ0v) is 8.01. The monoisotopic (exact) mass is 207 g/mol. The van der Waals surface area contributed by atoms with Gasteiger partial charge in [0.2, 0.25) is 10.0 Å². The summed E-state index contributed by atoms with van der Waals surface area (Å²) in [5.74, 6) is -1.15. The van der Waals surface area contributed by atoms with E-state index in [2.05, 4.69) is 11.3 Å². The molecule has 6 heteroatoms. The van der Waals surface area contributed by atoms with Crippen LogP contribution in [0, 0.1) is 0 Å². The first kappa shape index (κ1) is 12.1. The molecular weight excluding hydrogens is 194 g/mol. The molecule has 0 aromatic rings. The standard InChI is InChI=1S/C7H13NO4S/c1-2-5-8-13(11,12)6-3-4-7(9)10/h2,8H,1,3-6H2,(H,9,10). The number of carbonyl (C=O) groups is 1. The van der Waals surface area contributed by atoms with E-state index in [0.717, 1.165) is 0 Å². The topological polar surface area (TPSA) is 83.5 Å². The third-order valence-corrected chi connectivity index (χ3v) is 2.68. The van der Waals surface area contributed by atoms with Crippen LogP contribution in [-0.4, -0.2) is 31.8 Å². The van der Waals surface area contributed by atoms with Crippen molar-refractivity contribution in [1.82, 2.24) is 4.72 Å². The molecule has 0 aromatic carbocycles. The Labute approximate surface area is 77.5 Å². The molecule has 0 bridgehead atoms. The SMILES string of the molecule is C=CCNS(=O)(=O)CCCC(=O)O. The van der Waals surface area contributed by atoms with Crippen LogP contribution in [-0.2, 0) is 14.8 Å². The van der Waals surface area contributed by atoms with Gasteiger partial charge in [-0.05, 0) is 6.42 Å². The van der Waals surface area contributed by atoms with Crippen LogP contribution < -0.4 is 4.72 Å². The molecule has 0 radical (unpaired) electrons. The van der Waals surface area contributed by atoms with Gasteiger partial charge in [-0.1, -0.05) is 6.08 Å². The molecule has 0 aliphatic rings. The van der Waals surface area contributed by atoms with Crippen LogP contribution >= 0.6 is 0 Å². The van der Waals surface area contributed by atoms with Crippen molar-refractivity contribution in [3.05, 3.63) is 12.7 Å². The minimum Gasteiger partial charge on any atom is -0.481 e. The summed E-state index contributed by atoms with van der Waals surface area (Å²) in [5, 5.41) is 8.25. The highest BCUT2D eigenvalue weighted by atomic mass is 32.2. The summed E-state index contributed by atoms with van der Waals surface area (Å²) in [6.07, 6.45) is 1.42. The lowest BCUT2D eigenvalue weighted by molar-refractivity contribution is -0.137. The first-order valence-electron chi connectivity index (χ1n) is 3.78. The van der Waals surface area contributed by atoms with Gasteiger partial charge < -0.3 is 5.11 Å². The predicted molar refractivity (Wildman–Crippen MR) is 48.9 cm³/mol. The minimum absolute atomic E-state index is 0.127. The molecule has 0 heterocycles. The molecule has 0 aromatic heterocycles. The van der Waals surface area contributed by atoms with Crippen molar-refractivity contribution in [3.63, 3.8) is 0 Å². The fourth-order valence-corrected chi connectivity index (χ4v) is 1.71. The van der Waals surface area contributed by atoms with Crippen molar-refractivity contribution in [1.29, 1.82) is 0 Å².